The van der Waals surface area contributed by atoms with Gasteiger partial charge in [0, 0.05) is 23.8 Å². The molecular formula is C14H18N4OS. The predicted molar refractivity (Wildman–Crippen MR) is 81.1 cm³/mol. The number of amides is 1. The Balaban J connectivity index is 2.12. The number of hydrogen-bond donors (Lipinski definition) is 2. The van der Waals surface area contributed by atoms with E-state index in [4.69, 9.17) is 0 Å². The molecule has 0 saturated heterocycles. The van der Waals surface area contributed by atoms with Crippen LogP contribution in [-0.4, -0.2) is 22.4 Å². The zero-order valence-corrected chi connectivity index (χ0v) is 12.6. The normalized spacial score (nSPS) is 11.9. The highest BCUT2D eigenvalue weighted by atomic mass is 32.1. The average molecular weight is 290 g/mol. The van der Waals surface area contributed by atoms with E-state index in [1.165, 1.54) is 0 Å². The first-order chi connectivity index (χ1) is 9.61. The van der Waals surface area contributed by atoms with E-state index >= 15 is 0 Å². The Morgan fingerprint density at radius 1 is 1.45 bits per heavy atom. The molecule has 0 aliphatic rings. The molecular weight excluding hydrogens is 272 g/mol. The minimum Gasteiger partial charge on any atom is -0.383 e. The van der Waals surface area contributed by atoms with Crippen molar-refractivity contribution in [3.8, 4) is 0 Å². The number of rotatable bonds is 5. The van der Waals surface area contributed by atoms with Crippen LogP contribution in [0.5, 0.6) is 0 Å². The van der Waals surface area contributed by atoms with Gasteiger partial charge < -0.3 is 10.6 Å². The van der Waals surface area contributed by atoms with Crippen LogP contribution in [0.15, 0.2) is 24.7 Å². The number of anilines is 1. The van der Waals surface area contributed by atoms with E-state index < -0.39 is 0 Å². The monoisotopic (exact) mass is 290 g/mol. The van der Waals surface area contributed by atoms with E-state index in [-0.39, 0.29) is 11.9 Å². The van der Waals surface area contributed by atoms with Crippen LogP contribution in [0.4, 0.5) is 5.69 Å². The summed E-state index contributed by atoms with van der Waals surface area (Å²) in [5.74, 6) is -0.122. The minimum absolute atomic E-state index is 0.108. The van der Waals surface area contributed by atoms with E-state index in [2.05, 4.69) is 20.6 Å². The van der Waals surface area contributed by atoms with Gasteiger partial charge in [-0.15, -0.1) is 11.3 Å². The Morgan fingerprint density at radius 2 is 2.25 bits per heavy atom. The Kier molecular flexibility index (Phi) is 4.68. The zero-order chi connectivity index (χ0) is 14.5. The van der Waals surface area contributed by atoms with Crippen LogP contribution in [-0.2, 0) is 0 Å². The first-order valence-electron chi connectivity index (χ1n) is 6.53. The molecule has 2 heterocycles. The molecule has 0 radical (unpaired) electrons. The molecule has 1 atom stereocenters. The maximum absolute atomic E-state index is 12.3. The number of carbonyl (C=O) groups is 1. The molecule has 1 unspecified atom stereocenters. The molecule has 20 heavy (non-hydrogen) atoms. The molecule has 2 aromatic heterocycles. The molecule has 0 spiro atoms. The second-order valence-electron chi connectivity index (χ2n) is 4.46. The van der Waals surface area contributed by atoms with Gasteiger partial charge in [-0.05, 0) is 26.8 Å². The average Bonchev–Trinajstić information content (AvgIpc) is 2.86. The van der Waals surface area contributed by atoms with Gasteiger partial charge in [0.05, 0.1) is 23.5 Å². The summed E-state index contributed by atoms with van der Waals surface area (Å²) < 4.78 is 0. The molecule has 0 bridgehead atoms. The lowest BCUT2D eigenvalue weighted by molar-refractivity contribution is 0.0940. The highest BCUT2D eigenvalue weighted by Gasteiger charge is 2.16. The fourth-order valence-corrected chi connectivity index (χ4v) is 2.61. The van der Waals surface area contributed by atoms with Crippen molar-refractivity contribution in [1.29, 1.82) is 0 Å². The van der Waals surface area contributed by atoms with Crippen molar-refractivity contribution in [2.75, 3.05) is 11.9 Å². The Bertz CT molecular complexity index is 596. The maximum atomic E-state index is 12.3. The number of hydrogen-bond acceptors (Lipinski definition) is 5. The summed E-state index contributed by atoms with van der Waals surface area (Å²) in [6.45, 7) is 6.66. The van der Waals surface area contributed by atoms with Gasteiger partial charge in [0.2, 0.25) is 0 Å². The van der Waals surface area contributed by atoms with Gasteiger partial charge in [-0.1, -0.05) is 0 Å². The predicted octanol–water partition coefficient (Wildman–Crippen LogP) is 2.77. The van der Waals surface area contributed by atoms with Crippen molar-refractivity contribution in [1.82, 2.24) is 15.3 Å². The highest BCUT2D eigenvalue weighted by Crippen LogP contribution is 2.20. The van der Waals surface area contributed by atoms with Crippen LogP contribution in [0.25, 0.3) is 0 Å². The van der Waals surface area contributed by atoms with Crippen LogP contribution in [0.1, 0.15) is 40.1 Å². The Hall–Kier alpha value is -1.95. The molecule has 2 N–H and O–H groups in total. The lowest BCUT2D eigenvalue weighted by Crippen LogP contribution is -2.27. The van der Waals surface area contributed by atoms with Gasteiger partial charge in [-0.3, -0.25) is 9.78 Å². The van der Waals surface area contributed by atoms with Crippen molar-refractivity contribution in [2.45, 2.75) is 26.8 Å². The largest absolute Gasteiger partial charge is 0.383 e. The quantitative estimate of drug-likeness (QED) is 0.888. The molecule has 2 rings (SSSR count). The van der Waals surface area contributed by atoms with Gasteiger partial charge in [-0.25, -0.2) is 4.98 Å². The number of nitrogens with zero attached hydrogens (tertiary/aromatic N) is 2. The molecule has 0 aromatic carbocycles. The van der Waals surface area contributed by atoms with E-state index in [0.29, 0.717) is 5.56 Å². The van der Waals surface area contributed by atoms with Crippen LogP contribution in [0.2, 0.25) is 0 Å². The smallest absolute Gasteiger partial charge is 0.254 e. The number of nitrogens with one attached hydrogen (secondary N) is 2. The minimum atomic E-state index is -0.122. The molecule has 0 aliphatic carbocycles. The van der Waals surface area contributed by atoms with Gasteiger partial charge in [0.15, 0.2) is 0 Å². The number of thiazole rings is 1. The van der Waals surface area contributed by atoms with Crippen molar-refractivity contribution in [2.24, 2.45) is 0 Å². The van der Waals surface area contributed by atoms with Gasteiger partial charge in [0.25, 0.3) is 5.91 Å². The number of aromatic nitrogens is 2. The van der Waals surface area contributed by atoms with Crippen LogP contribution in [0.3, 0.4) is 0 Å². The molecule has 1 amide bonds. The lowest BCUT2D eigenvalue weighted by Gasteiger charge is -2.14. The van der Waals surface area contributed by atoms with E-state index in [1.54, 1.807) is 29.8 Å². The summed E-state index contributed by atoms with van der Waals surface area (Å²) in [4.78, 5) is 21.8. The number of carbonyl (C=O) groups excluding carboxylic acids is 1. The van der Waals surface area contributed by atoms with E-state index in [0.717, 1.165) is 22.1 Å². The van der Waals surface area contributed by atoms with E-state index in [9.17, 15) is 4.79 Å². The van der Waals surface area contributed by atoms with Gasteiger partial charge in [0.1, 0.15) is 5.01 Å². The lowest BCUT2D eigenvalue weighted by atomic mass is 10.2. The molecule has 5 nitrogen and oxygen atoms in total. The van der Waals surface area contributed by atoms with Crippen molar-refractivity contribution >= 4 is 22.9 Å². The summed E-state index contributed by atoms with van der Waals surface area (Å²) in [6, 6.07) is 1.61. The second-order valence-corrected chi connectivity index (χ2v) is 5.72. The number of pyridine rings is 1. The second kappa shape index (κ2) is 6.47. The summed E-state index contributed by atoms with van der Waals surface area (Å²) in [5, 5.41) is 7.02. The summed E-state index contributed by atoms with van der Waals surface area (Å²) in [7, 11) is 0. The SMILES string of the molecule is CCNc1cnccc1C(=O)NC(C)c1ncc(C)s1. The van der Waals surface area contributed by atoms with Crippen LogP contribution >= 0.6 is 11.3 Å². The standard InChI is InChI=1S/C14H18N4OS/c1-4-16-12-8-15-6-5-11(12)13(19)18-10(3)14-17-7-9(2)20-14/h5-8,10,16H,4H2,1-3H3,(H,18,19). The first-order valence-corrected chi connectivity index (χ1v) is 7.34. The van der Waals surface area contributed by atoms with Crippen molar-refractivity contribution in [3.05, 3.63) is 40.1 Å². The summed E-state index contributed by atoms with van der Waals surface area (Å²) in [5.41, 5.74) is 1.34. The Morgan fingerprint density at radius 3 is 2.90 bits per heavy atom. The zero-order valence-electron chi connectivity index (χ0n) is 11.8. The molecule has 0 aliphatic heterocycles. The first kappa shape index (κ1) is 14.5. The number of aryl methyl sites for hydroxylation is 1. The Labute approximate surface area is 122 Å². The topological polar surface area (TPSA) is 66.9 Å². The van der Waals surface area contributed by atoms with Gasteiger partial charge >= 0.3 is 0 Å². The summed E-state index contributed by atoms with van der Waals surface area (Å²) >= 11 is 1.59. The third-order valence-corrected chi connectivity index (χ3v) is 3.89. The molecule has 0 saturated carbocycles. The van der Waals surface area contributed by atoms with Crippen molar-refractivity contribution in [3.63, 3.8) is 0 Å². The summed E-state index contributed by atoms with van der Waals surface area (Å²) in [6.07, 6.45) is 5.10. The fourth-order valence-electron chi connectivity index (χ4n) is 1.83. The third-order valence-electron chi connectivity index (χ3n) is 2.79. The van der Waals surface area contributed by atoms with E-state index in [1.807, 2.05) is 27.0 Å². The van der Waals surface area contributed by atoms with Crippen molar-refractivity contribution < 1.29 is 4.79 Å². The maximum Gasteiger partial charge on any atom is 0.254 e. The molecule has 0 fully saturated rings. The van der Waals surface area contributed by atoms with Crippen LogP contribution < -0.4 is 10.6 Å². The fraction of sp³-hybridized carbons (Fsp3) is 0.357. The van der Waals surface area contributed by atoms with Gasteiger partial charge in [-0.2, -0.15) is 0 Å². The molecule has 2 aromatic rings. The van der Waals surface area contributed by atoms with Crippen LogP contribution in [0, 0.1) is 6.92 Å². The molecule has 106 valence electrons. The third kappa shape index (κ3) is 3.33. The highest BCUT2D eigenvalue weighted by molar-refractivity contribution is 7.11. The molecule has 6 heteroatoms.